The molecule has 0 radical (unpaired) electrons. The molecule has 2 N–H and O–H groups in total. The van der Waals surface area contributed by atoms with E-state index in [1.165, 1.54) is 0 Å². The van der Waals surface area contributed by atoms with Crippen molar-refractivity contribution in [3.63, 3.8) is 0 Å². The number of aliphatic hydroxyl groups is 2. The molecule has 0 saturated carbocycles. The molecule has 4 atom stereocenters. The van der Waals surface area contributed by atoms with Crippen molar-refractivity contribution in [1.29, 1.82) is 0 Å². The van der Waals surface area contributed by atoms with E-state index in [1.54, 1.807) is 6.20 Å². The molecule has 5 heteroatoms. The fourth-order valence-corrected chi connectivity index (χ4v) is 2.34. The lowest BCUT2D eigenvalue weighted by Gasteiger charge is -2.28. The topological polar surface area (TPSA) is 71.8 Å². The number of fused-ring (bicyclic) bond motifs is 2. The highest BCUT2D eigenvalue weighted by Crippen LogP contribution is 2.46. The maximum Gasteiger partial charge on any atom is 0.144 e. The highest BCUT2D eigenvalue weighted by molar-refractivity contribution is 5.17. The highest BCUT2D eigenvalue weighted by atomic mass is 16.6. The van der Waals surface area contributed by atoms with Gasteiger partial charge >= 0.3 is 0 Å². The molecule has 86 valence electrons. The zero-order valence-corrected chi connectivity index (χ0v) is 8.61. The van der Waals surface area contributed by atoms with Gasteiger partial charge < -0.3 is 19.7 Å². The van der Waals surface area contributed by atoms with Crippen molar-refractivity contribution in [3.05, 3.63) is 30.1 Å². The fourth-order valence-electron chi connectivity index (χ4n) is 2.34. The van der Waals surface area contributed by atoms with Crippen LogP contribution in [0.2, 0.25) is 0 Å². The van der Waals surface area contributed by atoms with Gasteiger partial charge in [-0.3, -0.25) is 4.98 Å². The quantitative estimate of drug-likeness (QED) is 0.716. The lowest BCUT2D eigenvalue weighted by Crippen LogP contribution is -2.43. The predicted octanol–water partition coefficient (Wildman–Crippen LogP) is -0.356. The number of pyridine rings is 1. The van der Waals surface area contributed by atoms with Crippen LogP contribution in [0.3, 0.4) is 0 Å². The van der Waals surface area contributed by atoms with E-state index in [4.69, 9.17) is 9.47 Å². The summed E-state index contributed by atoms with van der Waals surface area (Å²) in [4.78, 5) is 4.18. The lowest BCUT2D eigenvalue weighted by atomic mass is 9.99. The second-order valence-electron chi connectivity index (χ2n) is 4.24. The largest absolute Gasteiger partial charge is 0.393 e. The van der Waals surface area contributed by atoms with E-state index in [0.717, 1.165) is 5.69 Å². The molecule has 0 aromatic carbocycles. The first-order valence-electron chi connectivity index (χ1n) is 5.26. The minimum absolute atomic E-state index is 0.235. The fraction of sp³-hybridized carbons (Fsp3) is 0.545. The Bertz CT molecular complexity index is 385. The average molecular weight is 223 g/mol. The van der Waals surface area contributed by atoms with Crippen LogP contribution in [0.15, 0.2) is 24.4 Å². The molecular weight excluding hydrogens is 210 g/mol. The Morgan fingerprint density at radius 3 is 3.00 bits per heavy atom. The standard InChI is InChI=1S/C11H13NO4/c13-5-11-6-15-9(10(11)14)8(16-11)7-3-1-2-4-12-7/h1-4,8-10,13-14H,5-6H2/t8-,9-,10-,11-/m0/s1. The van der Waals surface area contributed by atoms with E-state index in [1.807, 2.05) is 18.2 Å². The van der Waals surface area contributed by atoms with E-state index < -0.39 is 23.9 Å². The van der Waals surface area contributed by atoms with Crippen molar-refractivity contribution in [2.45, 2.75) is 23.9 Å². The molecule has 2 bridgehead atoms. The summed E-state index contributed by atoms with van der Waals surface area (Å²) in [5.74, 6) is 0. The molecule has 2 aliphatic heterocycles. The van der Waals surface area contributed by atoms with E-state index in [2.05, 4.69) is 4.98 Å². The Morgan fingerprint density at radius 1 is 1.50 bits per heavy atom. The molecule has 0 spiro atoms. The van der Waals surface area contributed by atoms with Gasteiger partial charge in [0.2, 0.25) is 0 Å². The molecule has 1 aromatic heterocycles. The summed E-state index contributed by atoms with van der Waals surface area (Å²) in [6, 6.07) is 5.50. The molecule has 16 heavy (non-hydrogen) atoms. The van der Waals surface area contributed by atoms with Gasteiger partial charge in [0.05, 0.1) is 18.9 Å². The third-order valence-corrected chi connectivity index (χ3v) is 3.28. The average Bonchev–Trinajstić information content (AvgIpc) is 2.82. The number of rotatable bonds is 2. The van der Waals surface area contributed by atoms with E-state index in [9.17, 15) is 10.2 Å². The monoisotopic (exact) mass is 223 g/mol. The third-order valence-electron chi connectivity index (χ3n) is 3.28. The maximum absolute atomic E-state index is 9.97. The van der Waals surface area contributed by atoms with Crippen LogP contribution in [0.5, 0.6) is 0 Å². The van der Waals surface area contributed by atoms with Crippen LogP contribution in [-0.2, 0) is 9.47 Å². The molecule has 1 aromatic rings. The summed E-state index contributed by atoms with van der Waals surface area (Å²) >= 11 is 0. The molecule has 0 unspecified atom stereocenters. The summed E-state index contributed by atoms with van der Waals surface area (Å²) in [5, 5.41) is 19.3. The number of hydrogen-bond donors (Lipinski definition) is 2. The minimum atomic E-state index is -0.965. The molecule has 2 aliphatic rings. The zero-order valence-electron chi connectivity index (χ0n) is 8.61. The summed E-state index contributed by atoms with van der Waals surface area (Å²) in [7, 11) is 0. The number of ether oxygens (including phenoxy) is 2. The van der Waals surface area contributed by atoms with Crippen molar-refractivity contribution < 1.29 is 19.7 Å². The van der Waals surface area contributed by atoms with Crippen LogP contribution in [0.1, 0.15) is 11.8 Å². The Balaban J connectivity index is 1.92. The van der Waals surface area contributed by atoms with Gasteiger partial charge in [-0.25, -0.2) is 0 Å². The summed E-state index contributed by atoms with van der Waals surface area (Å²) in [6.07, 6.45) is 0.0616. The molecule has 0 amide bonds. The first-order chi connectivity index (χ1) is 7.77. The zero-order chi connectivity index (χ0) is 11.2. The van der Waals surface area contributed by atoms with E-state index in [0.29, 0.717) is 0 Å². The second kappa shape index (κ2) is 3.49. The summed E-state index contributed by atoms with van der Waals surface area (Å²) in [5.41, 5.74) is -0.242. The predicted molar refractivity (Wildman–Crippen MR) is 53.6 cm³/mol. The smallest absolute Gasteiger partial charge is 0.144 e. The molecule has 0 aliphatic carbocycles. The van der Waals surface area contributed by atoms with Gasteiger partial charge in [0.1, 0.15) is 23.9 Å². The van der Waals surface area contributed by atoms with E-state index >= 15 is 0 Å². The van der Waals surface area contributed by atoms with Gasteiger partial charge in [0, 0.05) is 6.20 Å². The molecule has 2 fully saturated rings. The molecular formula is C11H13NO4. The molecule has 3 rings (SSSR count). The minimum Gasteiger partial charge on any atom is -0.393 e. The van der Waals surface area contributed by atoms with Crippen LogP contribution in [0.25, 0.3) is 0 Å². The normalized spacial score (nSPS) is 41.5. The SMILES string of the molecule is OC[C@@]12CO[C@@H]([C@H](c3ccccn3)O1)[C@@H]2O. The molecule has 2 saturated heterocycles. The Labute approximate surface area is 92.6 Å². The van der Waals surface area contributed by atoms with Gasteiger partial charge in [-0.05, 0) is 12.1 Å². The van der Waals surface area contributed by atoms with Crippen molar-refractivity contribution in [2.24, 2.45) is 0 Å². The third kappa shape index (κ3) is 1.23. The van der Waals surface area contributed by atoms with Crippen LogP contribution in [0, 0.1) is 0 Å². The highest BCUT2D eigenvalue weighted by Gasteiger charge is 2.61. The van der Waals surface area contributed by atoms with Gasteiger partial charge in [0.25, 0.3) is 0 Å². The maximum atomic E-state index is 9.97. The second-order valence-corrected chi connectivity index (χ2v) is 4.24. The van der Waals surface area contributed by atoms with E-state index in [-0.39, 0.29) is 13.2 Å². The Kier molecular flexibility index (Phi) is 2.22. The number of aromatic nitrogens is 1. The van der Waals surface area contributed by atoms with Crippen LogP contribution in [-0.4, -0.2) is 46.2 Å². The first kappa shape index (κ1) is 10.2. The van der Waals surface area contributed by atoms with Crippen molar-refractivity contribution in [3.8, 4) is 0 Å². The van der Waals surface area contributed by atoms with Crippen LogP contribution in [0.4, 0.5) is 0 Å². The van der Waals surface area contributed by atoms with Gasteiger partial charge in [-0.2, -0.15) is 0 Å². The van der Waals surface area contributed by atoms with Crippen molar-refractivity contribution in [1.82, 2.24) is 4.98 Å². The van der Waals surface area contributed by atoms with Gasteiger partial charge in [0.15, 0.2) is 0 Å². The first-order valence-corrected chi connectivity index (χ1v) is 5.26. The molecule has 3 heterocycles. The van der Waals surface area contributed by atoms with Crippen molar-refractivity contribution in [2.75, 3.05) is 13.2 Å². The van der Waals surface area contributed by atoms with Crippen LogP contribution < -0.4 is 0 Å². The van der Waals surface area contributed by atoms with Gasteiger partial charge in [-0.15, -0.1) is 0 Å². The van der Waals surface area contributed by atoms with Crippen molar-refractivity contribution >= 4 is 0 Å². The van der Waals surface area contributed by atoms with Crippen LogP contribution >= 0.6 is 0 Å². The summed E-state index contributed by atoms with van der Waals surface area (Å²) < 4.78 is 11.2. The lowest BCUT2D eigenvalue weighted by molar-refractivity contribution is -0.164. The number of hydrogen-bond acceptors (Lipinski definition) is 5. The Morgan fingerprint density at radius 2 is 2.38 bits per heavy atom. The number of nitrogens with zero attached hydrogens (tertiary/aromatic N) is 1. The van der Waals surface area contributed by atoms with Gasteiger partial charge in [-0.1, -0.05) is 6.07 Å². The molecule has 5 nitrogen and oxygen atoms in total. The Hall–Kier alpha value is -1.01. The number of aliphatic hydroxyl groups excluding tert-OH is 2. The summed E-state index contributed by atoms with van der Waals surface area (Å²) in [6.45, 7) is -0.00727.